The largest absolute Gasteiger partial charge is 0.466 e. The Morgan fingerprint density at radius 1 is 1.46 bits per heavy atom. The van der Waals surface area contributed by atoms with Crippen LogP contribution in [0.3, 0.4) is 0 Å². The molecule has 0 fully saturated rings. The van der Waals surface area contributed by atoms with Crippen molar-refractivity contribution in [2.75, 3.05) is 6.79 Å². The first-order valence-electron chi connectivity index (χ1n) is 3.58. The highest BCUT2D eigenvalue weighted by atomic mass is 16.7. The van der Waals surface area contributed by atoms with E-state index in [1.165, 1.54) is 6.07 Å². The summed E-state index contributed by atoms with van der Waals surface area (Å²) in [6.45, 7) is -0.0672. The molecule has 0 aliphatic heterocycles. The normalized spacial score (nSPS) is 9.62. The van der Waals surface area contributed by atoms with Crippen molar-refractivity contribution in [1.82, 2.24) is 0 Å². The molecule has 0 atom stereocenters. The molecule has 0 saturated carbocycles. The maximum absolute atomic E-state index is 10.7. The van der Waals surface area contributed by atoms with Gasteiger partial charge in [-0.05, 0) is 18.2 Å². The number of carbonyl (C=O) groups excluding carboxylic acids is 1. The summed E-state index contributed by atoms with van der Waals surface area (Å²) >= 11 is 0. The van der Waals surface area contributed by atoms with Crippen molar-refractivity contribution in [2.24, 2.45) is 11.6 Å². The Morgan fingerprint density at radius 3 is 2.85 bits per heavy atom. The van der Waals surface area contributed by atoms with E-state index in [2.05, 4.69) is 4.84 Å². The van der Waals surface area contributed by atoms with Crippen LogP contribution in [0.2, 0.25) is 0 Å². The molecule has 0 saturated heterocycles. The van der Waals surface area contributed by atoms with Gasteiger partial charge in [0, 0.05) is 5.56 Å². The first-order valence-corrected chi connectivity index (χ1v) is 3.58. The maximum atomic E-state index is 10.7. The van der Waals surface area contributed by atoms with Crippen molar-refractivity contribution in [1.29, 1.82) is 0 Å². The summed E-state index contributed by atoms with van der Waals surface area (Å²) in [6.07, 6.45) is 0. The summed E-state index contributed by atoms with van der Waals surface area (Å²) in [5.41, 5.74) is 5.44. The maximum Gasteiger partial charge on any atom is 0.248 e. The Balaban J connectivity index is 2.73. The molecule has 0 bridgehead atoms. The minimum absolute atomic E-state index is 0.0672. The lowest BCUT2D eigenvalue weighted by Crippen LogP contribution is -2.11. The fraction of sp³-hybridized carbons (Fsp3) is 0.125. The molecule has 0 radical (unpaired) electrons. The van der Waals surface area contributed by atoms with Crippen LogP contribution in [0.15, 0.2) is 24.3 Å². The van der Waals surface area contributed by atoms with Crippen LogP contribution in [-0.4, -0.2) is 12.7 Å². The van der Waals surface area contributed by atoms with Crippen LogP contribution >= 0.6 is 0 Å². The average molecular weight is 182 g/mol. The lowest BCUT2D eigenvalue weighted by molar-refractivity contribution is 0.0144. The molecule has 13 heavy (non-hydrogen) atoms. The number of ether oxygens (including phenoxy) is 1. The van der Waals surface area contributed by atoms with Crippen molar-refractivity contribution >= 4 is 5.91 Å². The lowest BCUT2D eigenvalue weighted by atomic mass is 10.2. The van der Waals surface area contributed by atoms with E-state index in [4.69, 9.17) is 16.4 Å². The summed E-state index contributed by atoms with van der Waals surface area (Å²) in [5.74, 6) is 4.74. The molecule has 5 nitrogen and oxygen atoms in total. The molecule has 70 valence electrons. The first-order chi connectivity index (χ1) is 6.24. The standard InChI is InChI=1S/C8H10N2O3/c9-8(11)6-2-1-3-7(4-6)12-5-13-10/h1-4H,5,10H2,(H2,9,11). The third-order valence-corrected chi connectivity index (χ3v) is 1.41. The van der Waals surface area contributed by atoms with Gasteiger partial charge in [-0.3, -0.25) is 9.63 Å². The van der Waals surface area contributed by atoms with Crippen molar-refractivity contribution in [3.8, 4) is 5.75 Å². The molecular weight excluding hydrogens is 172 g/mol. The van der Waals surface area contributed by atoms with Crippen LogP contribution < -0.4 is 16.4 Å². The summed E-state index contributed by atoms with van der Waals surface area (Å²) in [6, 6.07) is 6.44. The van der Waals surface area contributed by atoms with Crippen molar-refractivity contribution in [2.45, 2.75) is 0 Å². The van der Waals surface area contributed by atoms with E-state index >= 15 is 0 Å². The zero-order chi connectivity index (χ0) is 9.68. The second-order valence-electron chi connectivity index (χ2n) is 2.32. The quantitative estimate of drug-likeness (QED) is 0.507. The van der Waals surface area contributed by atoms with E-state index in [0.717, 1.165) is 0 Å². The monoisotopic (exact) mass is 182 g/mol. The second kappa shape index (κ2) is 4.44. The van der Waals surface area contributed by atoms with Gasteiger partial charge < -0.3 is 10.5 Å². The molecule has 0 unspecified atom stereocenters. The van der Waals surface area contributed by atoms with Crippen LogP contribution in [0.4, 0.5) is 0 Å². The number of rotatable bonds is 4. The lowest BCUT2D eigenvalue weighted by Gasteiger charge is -2.04. The molecule has 0 aliphatic carbocycles. The molecular formula is C8H10N2O3. The van der Waals surface area contributed by atoms with E-state index in [1.807, 2.05) is 0 Å². The molecule has 1 rings (SSSR count). The van der Waals surface area contributed by atoms with Gasteiger partial charge >= 0.3 is 0 Å². The molecule has 5 heteroatoms. The predicted molar refractivity (Wildman–Crippen MR) is 45.7 cm³/mol. The van der Waals surface area contributed by atoms with Crippen molar-refractivity contribution in [3.63, 3.8) is 0 Å². The zero-order valence-corrected chi connectivity index (χ0v) is 6.90. The fourth-order valence-electron chi connectivity index (χ4n) is 0.841. The van der Waals surface area contributed by atoms with Crippen LogP contribution in [0.5, 0.6) is 5.75 Å². The highest BCUT2D eigenvalue weighted by molar-refractivity contribution is 5.93. The number of amides is 1. The van der Waals surface area contributed by atoms with E-state index in [-0.39, 0.29) is 6.79 Å². The second-order valence-corrected chi connectivity index (χ2v) is 2.32. The fourth-order valence-corrected chi connectivity index (χ4v) is 0.841. The minimum atomic E-state index is -0.501. The number of primary amides is 1. The Labute approximate surface area is 75.2 Å². The summed E-state index contributed by atoms with van der Waals surface area (Å²) < 4.78 is 4.99. The number of hydrogen-bond donors (Lipinski definition) is 2. The Kier molecular flexibility index (Phi) is 3.24. The van der Waals surface area contributed by atoms with E-state index in [9.17, 15) is 4.79 Å². The Bertz CT molecular complexity index is 301. The van der Waals surface area contributed by atoms with Crippen LogP contribution in [0.25, 0.3) is 0 Å². The van der Waals surface area contributed by atoms with Crippen LogP contribution in [0.1, 0.15) is 10.4 Å². The van der Waals surface area contributed by atoms with Gasteiger partial charge in [0.25, 0.3) is 0 Å². The topological polar surface area (TPSA) is 87.6 Å². The van der Waals surface area contributed by atoms with Crippen molar-refractivity contribution in [3.05, 3.63) is 29.8 Å². The van der Waals surface area contributed by atoms with Crippen LogP contribution in [0, 0.1) is 0 Å². The van der Waals surface area contributed by atoms with E-state index in [0.29, 0.717) is 11.3 Å². The first kappa shape index (κ1) is 9.50. The van der Waals surface area contributed by atoms with Gasteiger partial charge in [-0.15, -0.1) is 0 Å². The molecule has 0 aliphatic rings. The van der Waals surface area contributed by atoms with Gasteiger partial charge in [-0.2, -0.15) is 0 Å². The molecule has 4 N–H and O–H groups in total. The average Bonchev–Trinajstić information content (AvgIpc) is 2.15. The molecule has 0 heterocycles. The minimum Gasteiger partial charge on any atom is -0.466 e. The number of carbonyl (C=O) groups is 1. The zero-order valence-electron chi connectivity index (χ0n) is 6.90. The molecule has 0 aromatic heterocycles. The van der Waals surface area contributed by atoms with Gasteiger partial charge in [-0.25, -0.2) is 5.90 Å². The third kappa shape index (κ3) is 2.73. The van der Waals surface area contributed by atoms with Gasteiger partial charge in [0.15, 0.2) is 0 Å². The third-order valence-electron chi connectivity index (χ3n) is 1.41. The number of hydrogen-bond acceptors (Lipinski definition) is 4. The Morgan fingerprint density at radius 2 is 2.23 bits per heavy atom. The van der Waals surface area contributed by atoms with Gasteiger partial charge in [0.1, 0.15) is 5.75 Å². The number of benzene rings is 1. The van der Waals surface area contributed by atoms with Gasteiger partial charge in [0.2, 0.25) is 12.7 Å². The molecule has 1 aromatic carbocycles. The summed E-state index contributed by atoms with van der Waals surface area (Å²) in [7, 11) is 0. The van der Waals surface area contributed by atoms with Crippen LogP contribution in [-0.2, 0) is 4.84 Å². The number of nitrogens with two attached hydrogens (primary N) is 2. The van der Waals surface area contributed by atoms with E-state index in [1.54, 1.807) is 18.2 Å². The smallest absolute Gasteiger partial charge is 0.248 e. The SMILES string of the molecule is NOCOc1cccc(C(N)=O)c1. The molecule has 0 spiro atoms. The van der Waals surface area contributed by atoms with Gasteiger partial charge in [-0.1, -0.05) is 6.07 Å². The highest BCUT2D eigenvalue weighted by Gasteiger charge is 2.00. The van der Waals surface area contributed by atoms with E-state index < -0.39 is 5.91 Å². The summed E-state index contributed by atoms with van der Waals surface area (Å²) in [5, 5.41) is 0. The summed E-state index contributed by atoms with van der Waals surface area (Å²) in [4.78, 5) is 14.9. The molecule has 1 aromatic rings. The molecule has 1 amide bonds. The van der Waals surface area contributed by atoms with Crippen molar-refractivity contribution < 1.29 is 14.4 Å². The predicted octanol–water partition coefficient (Wildman–Crippen LogP) is 0.0121. The highest BCUT2D eigenvalue weighted by Crippen LogP contribution is 2.12. The van der Waals surface area contributed by atoms with Gasteiger partial charge in [0.05, 0.1) is 0 Å². The Hall–Kier alpha value is -1.59.